The quantitative estimate of drug-likeness (QED) is 0.377. The lowest BCUT2D eigenvalue weighted by Gasteiger charge is -2.21. The Bertz CT molecular complexity index is 931. The second kappa shape index (κ2) is 3.27. The minimum Gasteiger partial charge on any atom is -0.0610 e. The summed E-state index contributed by atoms with van der Waals surface area (Å²) >= 11 is 0. The Morgan fingerprint density at radius 1 is 0.579 bits per heavy atom. The minimum atomic E-state index is 1.23. The summed E-state index contributed by atoms with van der Waals surface area (Å²) in [6.45, 7) is 0. The second-order valence-corrected chi connectivity index (χ2v) is 5.73. The fraction of sp³-hybridized carbons (Fsp3) is 0.158. The van der Waals surface area contributed by atoms with Crippen molar-refractivity contribution in [1.29, 1.82) is 0 Å². The van der Waals surface area contributed by atoms with Gasteiger partial charge in [0.25, 0.3) is 0 Å². The zero-order valence-corrected chi connectivity index (χ0v) is 10.7. The third-order valence-corrected chi connectivity index (χ3v) is 4.69. The molecule has 4 aromatic carbocycles. The predicted molar refractivity (Wildman–Crippen MR) is 82.2 cm³/mol. The van der Waals surface area contributed by atoms with Gasteiger partial charge < -0.3 is 0 Å². The Morgan fingerprint density at radius 2 is 1.32 bits per heavy atom. The third-order valence-electron chi connectivity index (χ3n) is 4.69. The highest BCUT2D eigenvalue weighted by molar-refractivity contribution is 6.24. The molecule has 0 saturated heterocycles. The highest BCUT2D eigenvalue weighted by atomic mass is 14.2. The van der Waals surface area contributed by atoms with Crippen LogP contribution >= 0.6 is 0 Å². The summed E-state index contributed by atoms with van der Waals surface area (Å²) in [5.41, 5.74) is 3.10. The molecule has 0 radical (unpaired) electrons. The van der Waals surface area contributed by atoms with E-state index in [1.807, 2.05) is 0 Å². The number of hydrogen-bond donors (Lipinski definition) is 0. The van der Waals surface area contributed by atoms with Crippen LogP contribution in [0.15, 0.2) is 48.5 Å². The number of aryl methyl sites for hydroxylation is 2. The summed E-state index contributed by atoms with van der Waals surface area (Å²) in [6.07, 6.45) is 3.76. The van der Waals surface area contributed by atoms with E-state index in [9.17, 15) is 0 Å². The van der Waals surface area contributed by atoms with E-state index in [4.69, 9.17) is 0 Å². The summed E-state index contributed by atoms with van der Waals surface area (Å²) < 4.78 is 0. The Morgan fingerprint density at radius 3 is 2.26 bits per heavy atom. The van der Waals surface area contributed by atoms with Gasteiger partial charge in [0.2, 0.25) is 0 Å². The van der Waals surface area contributed by atoms with Gasteiger partial charge in [-0.05, 0) is 62.7 Å². The van der Waals surface area contributed by atoms with Crippen LogP contribution in [0, 0.1) is 0 Å². The molecule has 90 valence electrons. The van der Waals surface area contributed by atoms with E-state index in [-0.39, 0.29) is 0 Å². The first kappa shape index (κ1) is 9.80. The Kier molecular flexibility index (Phi) is 1.69. The number of hydrogen-bond acceptors (Lipinski definition) is 0. The van der Waals surface area contributed by atoms with Crippen molar-refractivity contribution in [1.82, 2.24) is 0 Å². The molecular formula is C19H14. The predicted octanol–water partition coefficient (Wildman–Crippen LogP) is 5.07. The summed E-state index contributed by atoms with van der Waals surface area (Å²) in [5.74, 6) is 0. The van der Waals surface area contributed by atoms with E-state index in [0.29, 0.717) is 0 Å². The molecule has 19 heavy (non-hydrogen) atoms. The normalized spacial score (nSPS) is 14.7. The van der Waals surface area contributed by atoms with E-state index < -0.39 is 0 Å². The van der Waals surface area contributed by atoms with Gasteiger partial charge in [0, 0.05) is 0 Å². The highest BCUT2D eigenvalue weighted by Crippen LogP contribution is 2.40. The standard InChI is InChI=1S/C19H14/c1-3-12-7-9-14-10-8-13-4-2-6-16-11-15(5-1)17(12)19(14)18(13)16/h1,3,5,7-11H,2,4,6H2. The lowest BCUT2D eigenvalue weighted by Crippen LogP contribution is -2.02. The van der Waals surface area contributed by atoms with Crippen LogP contribution in [0.3, 0.4) is 0 Å². The molecule has 0 amide bonds. The van der Waals surface area contributed by atoms with Crippen molar-refractivity contribution in [3.63, 3.8) is 0 Å². The average Bonchev–Trinajstić information content (AvgIpc) is 2.47. The molecule has 0 unspecified atom stereocenters. The lowest BCUT2D eigenvalue weighted by molar-refractivity contribution is 0.809. The summed E-state index contributed by atoms with van der Waals surface area (Å²) in [7, 11) is 0. The van der Waals surface area contributed by atoms with Crippen molar-refractivity contribution >= 4 is 32.3 Å². The van der Waals surface area contributed by atoms with Crippen LogP contribution in [-0.4, -0.2) is 0 Å². The van der Waals surface area contributed by atoms with Crippen LogP contribution in [0.2, 0.25) is 0 Å². The van der Waals surface area contributed by atoms with E-state index >= 15 is 0 Å². The zero-order chi connectivity index (χ0) is 12.4. The van der Waals surface area contributed by atoms with Crippen LogP contribution < -0.4 is 0 Å². The lowest BCUT2D eigenvalue weighted by atomic mass is 9.83. The highest BCUT2D eigenvalue weighted by Gasteiger charge is 2.17. The molecule has 0 N–H and O–H groups in total. The molecule has 0 aromatic heterocycles. The molecule has 0 saturated carbocycles. The fourth-order valence-corrected chi connectivity index (χ4v) is 3.89. The van der Waals surface area contributed by atoms with Gasteiger partial charge in [-0.2, -0.15) is 0 Å². The molecule has 0 aliphatic heterocycles. The fourth-order valence-electron chi connectivity index (χ4n) is 3.89. The van der Waals surface area contributed by atoms with Crippen LogP contribution in [0.1, 0.15) is 17.5 Å². The van der Waals surface area contributed by atoms with Gasteiger partial charge >= 0.3 is 0 Å². The summed E-state index contributed by atoms with van der Waals surface area (Å²) in [4.78, 5) is 0. The third kappa shape index (κ3) is 1.14. The molecule has 0 atom stereocenters. The largest absolute Gasteiger partial charge is 0.0610 e. The van der Waals surface area contributed by atoms with Crippen LogP contribution in [-0.2, 0) is 12.8 Å². The van der Waals surface area contributed by atoms with Gasteiger partial charge in [-0.1, -0.05) is 48.5 Å². The smallest absolute Gasteiger partial charge is 0.00213 e. The maximum Gasteiger partial charge on any atom is -0.00213 e. The first-order chi connectivity index (χ1) is 9.42. The van der Waals surface area contributed by atoms with Crippen LogP contribution in [0.4, 0.5) is 0 Å². The Labute approximate surface area is 112 Å². The molecule has 4 aromatic rings. The molecule has 1 aliphatic rings. The zero-order valence-electron chi connectivity index (χ0n) is 10.7. The van der Waals surface area contributed by atoms with Crippen molar-refractivity contribution < 1.29 is 0 Å². The van der Waals surface area contributed by atoms with E-state index in [0.717, 1.165) is 0 Å². The van der Waals surface area contributed by atoms with E-state index in [1.54, 1.807) is 16.5 Å². The molecule has 0 nitrogen and oxygen atoms in total. The molecule has 0 heterocycles. The van der Waals surface area contributed by atoms with Gasteiger partial charge in [0.1, 0.15) is 0 Å². The molecular weight excluding hydrogens is 228 g/mol. The molecule has 0 spiro atoms. The van der Waals surface area contributed by atoms with Crippen molar-refractivity contribution in [3.05, 3.63) is 59.7 Å². The van der Waals surface area contributed by atoms with Crippen LogP contribution in [0.25, 0.3) is 32.3 Å². The van der Waals surface area contributed by atoms with E-state index in [1.165, 1.54) is 46.2 Å². The SMILES string of the molecule is c1cc2ccc3ccc4c5c(cc(c1)c2c35)CCC4. The van der Waals surface area contributed by atoms with Gasteiger partial charge in [0.15, 0.2) is 0 Å². The van der Waals surface area contributed by atoms with Gasteiger partial charge in [-0.25, -0.2) is 0 Å². The monoisotopic (exact) mass is 242 g/mol. The first-order valence-corrected chi connectivity index (χ1v) is 7.10. The topological polar surface area (TPSA) is 0 Å². The average molecular weight is 242 g/mol. The van der Waals surface area contributed by atoms with Gasteiger partial charge in [-0.15, -0.1) is 0 Å². The van der Waals surface area contributed by atoms with Gasteiger partial charge in [-0.3, -0.25) is 0 Å². The van der Waals surface area contributed by atoms with Crippen LogP contribution in [0.5, 0.6) is 0 Å². The van der Waals surface area contributed by atoms with E-state index in [2.05, 4.69) is 48.5 Å². The first-order valence-electron chi connectivity index (χ1n) is 7.10. The van der Waals surface area contributed by atoms with Crippen molar-refractivity contribution in [2.75, 3.05) is 0 Å². The number of benzene rings is 4. The Hall–Kier alpha value is -2.08. The van der Waals surface area contributed by atoms with Crippen molar-refractivity contribution in [2.45, 2.75) is 19.3 Å². The molecule has 0 fully saturated rings. The molecule has 0 bridgehead atoms. The van der Waals surface area contributed by atoms with Crippen molar-refractivity contribution in [3.8, 4) is 0 Å². The molecule has 0 heteroatoms. The maximum absolute atomic E-state index is 2.42. The molecule has 5 rings (SSSR count). The summed E-state index contributed by atoms with van der Waals surface area (Å²) in [5, 5.41) is 8.69. The minimum absolute atomic E-state index is 1.23. The van der Waals surface area contributed by atoms with Gasteiger partial charge in [0.05, 0.1) is 0 Å². The number of rotatable bonds is 0. The molecule has 1 aliphatic carbocycles. The summed E-state index contributed by atoms with van der Waals surface area (Å²) in [6, 6.07) is 18.3. The maximum atomic E-state index is 2.42. The Balaban J connectivity index is 2.21. The van der Waals surface area contributed by atoms with Crippen molar-refractivity contribution in [2.24, 2.45) is 0 Å². The second-order valence-electron chi connectivity index (χ2n) is 5.73.